The van der Waals surface area contributed by atoms with Gasteiger partial charge in [-0.2, -0.15) is 13.2 Å². The number of nitrogens with one attached hydrogen (secondary N) is 1. The molecule has 44 heavy (non-hydrogen) atoms. The lowest BCUT2D eigenvalue weighted by Crippen LogP contribution is -2.53. The first-order chi connectivity index (χ1) is 20.8. The van der Waals surface area contributed by atoms with Crippen LogP contribution in [0.4, 0.5) is 18.9 Å². The Morgan fingerprint density at radius 3 is 2.25 bits per heavy atom. The zero-order chi connectivity index (χ0) is 32.1. The Hall–Kier alpha value is -3.57. The fraction of sp³-hybridized carbons (Fsp3) is 0.375. The van der Waals surface area contributed by atoms with Crippen LogP contribution in [0.3, 0.4) is 0 Å². The second kappa shape index (κ2) is 14.0. The number of alkyl halides is 3. The number of amides is 2. The molecule has 1 atom stereocenters. The Morgan fingerprint density at radius 2 is 1.64 bits per heavy atom. The normalized spacial score (nSPS) is 14.7. The van der Waals surface area contributed by atoms with Crippen molar-refractivity contribution in [3.8, 4) is 0 Å². The number of aryl methyl sites for hydroxylation is 1. The lowest BCUT2D eigenvalue weighted by atomic mass is 10.1. The highest BCUT2D eigenvalue weighted by molar-refractivity contribution is 7.92. The molecule has 1 aliphatic rings. The molecule has 4 rings (SSSR count). The topological polar surface area (TPSA) is 86.8 Å². The van der Waals surface area contributed by atoms with E-state index in [0.29, 0.717) is 10.4 Å². The third kappa shape index (κ3) is 7.74. The van der Waals surface area contributed by atoms with Gasteiger partial charge in [0.1, 0.15) is 12.6 Å². The van der Waals surface area contributed by atoms with E-state index in [2.05, 4.69) is 5.32 Å². The number of hydrogen-bond acceptors (Lipinski definition) is 4. The summed E-state index contributed by atoms with van der Waals surface area (Å²) in [5.41, 5.74) is -0.0244. The molecule has 1 fully saturated rings. The van der Waals surface area contributed by atoms with Crippen LogP contribution in [0.1, 0.15) is 55.7 Å². The number of carbonyl (C=O) groups excluding carboxylic acids is 2. The van der Waals surface area contributed by atoms with Gasteiger partial charge >= 0.3 is 6.18 Å². The molecule has 1 aliphatic carbocycles. The van der Waals surface area contributed by atoms with Gasteiger partial charge in [0, 0.05) is 12.6 Å². The predicted octanol–water partition coefficient (Wildman–Crippen LogP) is 6.73. The molecule has 236 valence electrons. The Bertz CT molecular complexity index is 1580. The van der Waals surface area contributed by atoms with Crippen molar-refractivity contribution in [2.45, 2.75) is 75.7 Å². The summed E-state index contributed by atoms with van der Waals surface area (Å²) in [5.74, 6) is -1.10. The van der Waals surface area contributed by atoms with Crippen molar-refractivity contribution in [1.82, 2.24) is 10.2 Å². The van der Waals surface area contributed by atoms with Crippen molar-refractivity contribution in [3.63, 3.8) is 0 Å². The van der Waals surface area contributed by atoms with Crippen molar-refractivity contribution in [2.24, 2.45) is 0 Å². The van der Waals surface area contributed by atoms with E-state index in [4.69, 9.17) is 11.6 Å². The van der Waals surface area contributed by atoms with Crippen LogP contribution in [0.15, 0.2) is 77.7 Å². The maximum Gasteiger partial charge on any atom is 0.417 e. The fourth-order valence-electron chi connectivity index (χ4n) is 5.39. The van der Waals surface area contributed by atoms with Crippen LogP contribution in [0, 0.1) is 6.92 Å². The number of sulfonamides is 1. The first kappa shape index (κ1) is 33.3. The Kier molecular flexibility index (Phi) is 10.6. The quantitative estimate of drug-likeness (QED) is 0.250. The second-order valence-corrected chi connectivity index (χ2v) is 13.1. The molecule has 2 amide bonds. The highest BCUT2D eigenvalue weighted by Crippen LogP contribution is 2.38. The Morgan fingerprint density at radius 1 is 1.00 bits per heavy atom. The molecule has 7 nitrogen and oxygen atoms in total. The molecule has 0 radical (unpaired) electrons. The lowest BCUT2D eigenvalue weighted by Gasteiger charge is -2.34. The van der Waals surface area contributed by atoms with Gasteiger partial charge in [0.05, 0.1) is 21.2 Å². The summed E-state index contributed by atoms with van der Waals surface area (Å²) in [5, 5.41) is 2.42. The number of hydrogen-bond donors (Lipinski definition) is 1. The van der Waals surface area contributed by atoms with Gasteiger partial charge in [0.15, 0.2) is 0 Å². The molecule has 0 aromatic heterocycles. The monoisotopic (exact) mass is 649 g/mol. The summed E-state index contributed by atoms with van der Waals surface area (Å²) in [6.45, 7) is 2.76. The molecule has 1 saturated carbocycles. The van der Waals surface area contributed by atoms with Gasteiger partial charge in [-0.15, -0.1) is 0 Å². The largest absolute Gasteiger partial charge is 0.417 e. The molecular formula is C32H35ClF3N3O4S. The zero-order valence-electron chi connectivity index (χ0n) is 24.5. The van der Waals surface area contributed by atoms with E-state index in [1.165, 1.54) is 29.2 Å². The summed E-state index contributed by atoms with van der Waals surface area (Å²) < 4.78 is 69.9. The smallest absolute Gasteiger partial charge is 0.352 e. The van der Waals surface area contributed by atoms with Crippen molar-refractivity contribution in [1.29, 1.82) is 0 Å². The van der Waals surface area contributed by atoms with Gasteiger partial charge in [0.25, 0.3) is 10.0 Å². The Balaban J connectivity index is 1.78. The SMILES string of the molecule is CC[C@@H](C(=O)NC1CCCC1)N(Cc1ccccc1C)C(=O)CN(c1ccc(Cl)c(C(F)(F)F)c1)S(=O)(=O)c1ccccc1. The van der Waals surface area contributed by atoms with E-state index in [0.717, 1.165) is 48.9 Å². The van der Waals surface area contributed by atoms with Crippen LogP contribution < -0.4 is 9.62 Å². The molecule has 0 unspecified atom stereocenters. The first-order valence-corrected chi connectivity index (χ1v) is 16.2. The molecule has 12 heteroatoms. The number of benzene rings is 3. The number of nitrogens with zero attached hydrogens (tertiary/aromatic N) is 2. The summed E-state index contributed by atoms with van der Waals surface area (Å²) >= 11 is 5.84. The summed E-state index contributed by atoms with van der Waals surface area (Å²) in [4.78, 5) is 28.8. The van der Waals surface area contributed by atoms with Crippen LogP contribution >= 0.6 is 11.6 Å². The van der Waals surface area contributed by atoms with E-state index in [9.17, 15) is 31.2 Å². The number of rotatable bonds is 11. The molecule has 0 aliphatic heterocycles. The maximum absolute atomic E-state index is 14.2. The van der Waals surface area contributed by atoms with Crippen LogP contribution in [-0.4, -0.2) is 43.8 Å². The van der Waals surface area contributed by atoms with Crippen LogP contribution in [0.5, 0.6) is 0 Å². The van der Waals surface area contributed by atoms with Gasteiger partial charge in [-0.05, 0) is 67.6 Å². The lowest BCUT2D eigenvalue weighted by molar-refractivity contribution is -0.140. The average molecular weight is 650 g/mol. The average Bonchev–Trinajstić information content (AvgIpc) is 3.50. The summed E-state index contributed by atoms with van der Waals surface area (Å²) in [7, 11) is -4.54. The minimum absolute atomic E-state index is 0.00422. The minimum Gasteiger partial charge on any atom is -0.352 e. The third-order valence-electron chi connectivity index (χ3n) is 7.84. The van der Waals surface area contributed by atoms with E-state index >= 15 is 0 Å². The highest BCUT2D eigenvalue weighted by atomic mass is 35.5. The summed E-state index contributed by atoms with van der Waals surface area (Å²) in [6, 6.07) is 16.2. The first-order valence-electron chi connectivity index (χ1n) is 14.4. The molecule has 0 spiro atoms. The van der Waals surface area contributed by atoms with Gasteiger partial charge < -0.3 is 10.2 Å². The molecule has 0 saturated heterocycles. The molecular weight excluding hydrogens is 615 g/mol. The van der Waals surface area contributed by atoms with Crippen LogP contribution in [0.2, 0.25) is 5.02 Å². The van der Waals surface area contributed by atoms with Gasteiger partial charge in [-0.1, -0.05) is 73.8 Å². The van der Waals surface area contributed by atoms with E-state index in [1.807, 2.05) is 25.1 Å². The van der Waals surface area contributed by atoms with Crippen molar-refractivity contribution < 1.29 is 31.2 Å². The molecule has 0 bridgehead atoms. The fourth-order valence-corrected chi connectivity index (χ4v) is 7.04. The molecule has 3 aromatic carbocycles. The van der Waals surface area contributed by atoms with E-state index in [1.54, 1.807) is 19.1 Å². The van der Waals surface area contributed by atoms with Gasteiger partial charge in [-0.3, -0.25) is 13.9 Å². The van der Waals surface area contributed by atoms with E-state index < -0.39 is 51.0 Å². The van der Waals surface area contributed by atoms with Crippen LogP contribution in [-0.2, 0) is 32.3 Å². The third-order valence-corrected chi connectivity index (χ3v) is 9.96. The zero-order valence-corrected chi connectivity index (χ0v) is 26.1. The van der Waals surface area contributed by atoms with Gasteiger partial charge in [0.2, 0.25) is 11.8 Å². The van der Waals surface area contributed by atoms with Gasteiger partial charge in [-0.25, -0.2) is 8.42 Å². The predicted molar refractivity (Wildman–Crippen MR) is 164 cm³/mol. The number of anilines is 1. The van der Waals surface area contributed by atoms with Crippen molar-refractivity contribution >= 4 is 39.1 Å². The van der Waals surface area contributed by atoms with E-state index in [-0.39, 0.29) is 29.8 Å². The molecule has 1 N–H and O–H groups in total. The second-order valence-electron chi connectivity index (χ2n) is 10.8. The standard InChI is InChI=1S/C32H35ClF3N3O4S/c1-3-29(31(41)37-24-13-9-10-14-24)38(20-23-12-8-7-11-22(23)2)30(40)21-39(44(42,43)26-15-5-4-6-16-26)25-17-18-28(33)27(19-25)32(34,35)36/h4-8,11-12,15-19,24,29H,3,9-10,13-14,20-21H2,1-2H3,(H,37,41)/t29-/m0/s1. The van der Waals surface area contributed by atoms with Crippen LogP contribution in [0.25, 0.3) is 0 Å². The highest BCUT2D eigenvalue weighted by Gasteiger charge is 2.37. The maximum atomic E-state index is 14.2. The number of halogens is 4. The van der Waals surface area contributed by atoms with Crippen molar-refractivity contribution in [2.75, 3.05) is 10.8 Å². The number of carbonyl (C=O) groups is 2. The molecule has 3 aromatic rings. The molecule has 0 heterocycles. The minimum atomic E-state index is -4.87. The van der Waals surface area contributed by atoms with Crippen molar-refractivity contribution in [3.05, 3.63) is 94.5 Å². The Labute approximate surface area is 261 Å². The summed E-state index contributed by atoms with van der Waals surface area (Å²) in [6.07, 6.45) is -1.01.